The predicted molar refractivity (Wildman–Crippen MR) is 349 cm³/mol. The fourth-order valence-electron chi connectivity index (χ4n) is 12.5. The minimum absolute atomic E-state index is 0.481. The molecule has 0 saturated carbocycles. The van der Waals surface area contributed by atoms with Gasteiger partial charge in [0.25, 0.3) is 0 Å². The maximum Gasteiger partial charge on any atom is 0.0540 e. The van der Waals surface area contributed by atoms with Gasteiger partial charge in [-0.15, -0.1) is 0 Å². The molecular weight excluding hydrogens is 977 g/mol. The second kappa shape index (κ2) is 22.0. The first-order valence-electron chi connectivity index (χ1n) is 28.8. The van der Waals surface area contributed by atoms with Crippen LogP contribution in [0.1, 0.15) is 44.4 Å². The molecule has 0 radical (unpaired) electrons. The molecule has 0 fully saturated rings. The fraction of sp³-hybridized carbons (Fsp3) is 0.114. The Balaban J connectivity index is 0.950. The molecular formula is C79H66N2. The molecule has 2 heteroatoms. The maximum atomic E-state index is 2.51. The summed E-state index contributed by atoms with van der Waals surface area (Å²) in [6.07, 6.45) is 1.98. The third-order valence-corrected chi connectivity index (χ3v) is 16.2. The zero-order valence-electron chi connectivity index (χ0n) is 46.9. The van der Waals surface area contributed by atoms with Crippen LogP contribution in [0, 0.1) is 18.8 Å². The highest BCUT2D eigenvalue weighted by Gasteiger charge is 2.24. The highest BCUT2D eigenvalue weighted by Crippen LogP contribution is 2.48. The molecule has 0 atom stereocenters. The summed E-state index contributed by atoms with van der Waals surface area (Å²) in [6.45, 7) is 11.6. The standard InChI is InChI=1S/C79H66N2/c1-53(2)49-62-51-74(60-33-41-66(42-34-60)80(64-37-29-55(5)30-38-64)76-27-17-15-25-68(76)58-21-11-7-12-22-58)72-47-45-71-63(50-54(3)4)52-75(73-48-46-70(62)78(72)79(71)73)61-35-43-67(44-36-61)81(65-39-31-57(32-40-65)56-19-9-6-10-20-56)77-28-18-16-26-69(77)59-23-13-8-14-24-59/h6-48,51-54H,49-50H2,1-5H3. The van der Waals surface area contributed by atoms with Crippen molar-refractivity contribution in [2.45, 2.75) is 47.5 Å². The minimum Gasteiger partial charge on any atom is -0.310 e. The number of anilines is 6. The summed E-state index contributed by atoms with van der Waals surface area (Å²) in [4.78, 5) is 4.83. The van der Waals surface area contributed by atoms with Gasteiger partial charge >= 0.3 is 0 Å². The highest BCUT2D eigenvalue weighted by molar-refractivity contribution is 6.29. The predicted octanol–water partition coefficient (Wildman–Crippen LogP) is 22.6. The summed E-state index contributed by atoms with van der Waals surface area (Å²) < 4.78 is 0. The van der Waals surface area contributed by atoms with Crippen molar-refractivity contribution in [2.24, 2.45) is 11.8 Å². The average Bonchev–Trinajstić information content (AvgIpc) is 3.36. The molecule has 0 bridgehead atoms. The van der Waals surface area contributed by atoms with Gasteiger partial charge < -0.3 is 9.80 Å². The van der Waals surface area contributed by atoms with Gasteiger partial charge in [-0.2, -0.15) is 0 Å². The number of nitrogens with zero attached hydrogens (tertiary/aromatic N) is 2. The number of aryl methyl sites for hydroxylation is 1. The Morgan fingerprint density at radius 1 is 0.272 bits per heavy atom. The number of rotatable bonds is 15. The summed E-state index contributed by atoms with van der Waals surface area (Å²) >= 11 is 0. The Morgan fingerprint density at radius 3 is 0.951 bits per heavy atom. The Labute approximate surface area is 478 Å². The van der Waals surface area contributed by atoms with E-state index in [-0.39, 0.29) is 0 Å². The first kappa shape index (κ1) is 51.0. The normalized spacial score (nSPS) is 11.6. The SMILES string of the molecule is Cc1ccc(N(c2ccc(-c3cc(CC(C)C)c4ccc5c(-c6ccc(N(c7ccc(-c8ccccc8)cc7)c7ccccc7-c7ccccc7)cc6)cc(CC(C)C)c6ccc3c4c65)cc2)c2ccccc2-c2ccccc2)cc1. The van der Waals surface area contributed by atoms with Gasteiger partial charge in [0, 0.05) is 33.9 Å². The quantitative estimate of drug-likeness (QED) is 0.0944. The van der Waals surface area contributed by atoms with Gasteiger partial charge in [-0.05, 0) is 192 Å². The first-order chi connectivity index (χ1) is 39.7. The zero-order valence-corrected chi connectivity index (χ0v) is 46.9. The van der Waals surface area contributed by atoms with Gasteiger partial charge in [0.1, 0.15) is 0 Å². The monoisotopic (exact) mass is 1040 g/mol. The lowest BCUT2D eigenvalue weighted by molar-refractivity contribution is 0.650. The second-order valence-electron chi connectivity index (χ2n) is 22.7. The van der Waals surface area contributed by atoms with Gasteiger partial charge in [0.15, 0.2) is 0 Å². The van der Waals surface area contributed by atoms with Crippen LogP contribution in [0.25, 0.3) is 88.0 Å². The molecule has 0 spiro atoms. The Bertz CT molecular complexity index is 4290. The molecule has 81 heavy (non-hydrogen) atoms. The van der Waals surface area contributed by atoms with Crippen LogP contribution in [-0.2, 0) is 12.8 Å². The van der Waals surface area contributed by atoms with Crippen LogP contribution in [0.2, 0.25) is 0 Å². The molecule has 0 unspecified atom stereocenters. The lowest BCUT2D eigenvalue weighted by atomic mass is 9.82. The van der Waals surface area contributed by atoms with E-state index in [1.54, 1.807) is 0 Å². The van der Waals surface area contributed by atoms with Gasteiger partial charge in [-0.3, -0.25) is 0 Å². The van der Waals surface area contributed by atoms with Crippen molar-refractivity contribution in [1.29, 1.82) is 0 Å². The van der Waals surface area contributed by atoms with Crippen LogP contribution in [0.5, 0.6) is 0 Å². The lowest BCUT2D eigenvalue weighted by Crippen LogP contribution is -2.11. The summed E-state index contributed by atoms with van der Waals surface area (Å²) in [7, 11) is 0. The highest BCUT2D eigenvalue weighted by atomic mass is 15.1. The zero-order chi connectivity index (χ0) is 55.0. The molecule has 13 aromatic carbocycles. The molecule has 392 valence electrons. The van der Waals surface area contributed by atoms with Crippen LogP contribution in [0.4, 0.5) is 34.1 Å². The van der Waals surface area contributed by atoms with Crippen molar-refractivity contribution in [3.63, 3.8) is 0 Å². The molecule has 0 amide bonds. The number of benzene rings is 13. The van der Waals surface area contributed by atoms with Crippen molar-refractivity contribution in [3.8, 4) is 55.6 Å². The molecule has 13 rings (SSSR count). The van der Waals surface area contributed by atoms with Crippen LogP contribution < -0.4 is 9.80 Å². The van der Waals surface area contributed by atoms with Crippen molar-refractivity contribution < 1.29 is 0 Å². The van der Waals surface area contributed by atoms with Crippen LogP contribution in [0.3, 0.4) is 0 Å². The summed E-state index contributed by atoms with van der Waals surface area (Å²) in [5.41, 5.74) is 22.9. The third kappa shape index (κ3) is 9.93. The first-order valence-corrected chi connectivity index (χ1v) is 28.8. The summed E-state index contributed by atoms with van der Waals surface area (Å²) in [6, 6.07) is 101. The van der Waals surface area contributed by atoms with Gasteiger partial charge in [0.2, 0.25) is 0 Å². The molecule has 0 aliphatic rings. The number of hydrogen-bond acceptors (Lipinski definition) is 2. The van der Waals surface area contributed by atoms with Crippen LogP contribution in [-0.4, -0.2) is 0 Å². The molecule has 0 N–H and O–H groups in total. The maximum absolute atomic E-state index is 2.51. The van der Waals surface area contributed by atoms with E-state index in [1.807, 2.05) is 0 Å². The Kier molecular flexibility index (Phi) is 13.8. The Morgan fingerprint density at radius 2 is 0.568 bits per heavy atom. The summed E-state index contributed by atoms with van der Waals surface area (Å²) in [5.74, 6) is 0.966. The van der Waals surface area contributed by atoms with E-state index >= 15 is 0 Å². The molecule has 0 aliphatic carbocycles. The average molecular weight is 1040 g/mol. The summed E-state index contributed by atoms with van der Waals surface area (Å²) in [5, 5.41) is 8.03. The van der Waals surface area contributed by atoms with Crippen molar-refractivity contribution in [2.75, 3.05) is 9.80 Å². The third-order valence-electron chi connectivity index (χ3n) is 16.2. The minimum atomic E-state index is 0.481. The smallest absolute Gasteiger partial charge is 0.0540 e. The van der Waals surface area contributed by atoms with Crippen molar-refractivity contribution in [1.82, 2.24) is 0 Å². The van der Waals surface area contributed by atoms with E-state index < -0.39 is 0 Å². The van der Waals surface area contributed by atoms with E-state index in [1.165, 1.54) is 105 Å². The number of hydrogen-bond donors (Lipinski definition) is 0. The molecule has 0 saturated heterocycles. The van der Waals surface area contributed by atoms with E-state index in [0.29, 0.717) is 11.8 Å². The largest absolute Gasteiger partial charge is 0.310 e. The van der Waals surface area contributed by atoms with E-state index in [9.17, 15) is 0 Å². The number of para-hydroxylation sites is 2. The molecule has 2 nitrogen and oxygen atoms in total. The van der Waals surface area contributed by atoms with Gasteiger partial charge in [0.05, 0.1) is 11.4 Å². The molecule has 0 aromatic heterocycles. The van der Waals surface area contributed by atoms with Gasteiger partial charge in [-0.1, -0.05) is 233 Å². The lowest BCUT2D eigenvalue weighted by Gasteiger charge is -2.28. The van der Waals surface area contributed by atoms with Crippen molar-refractivity contribution in [3.05, 3.63) is 290 Å². The van der Waals surface area contributed by atoms with Crippen molar-refractivity contribution >= 4 is 66.4 Å². The van der Waals surface area contributed by atoms with Gasteiger partial charge in [-0.25, -0.2) is 0 Å². The molecule has 13 aromatic rings. The van der Waals surface area contributed by atoms with E-state index in [4.69, 9.17) is 0 Å². The molecule has 0 heterocycles. The molecule has 0 aliphatic heterocycles. The topological polar surface area (TPSA) is 6.48 Å². The van der Waals surface area contributed by atoms with Crippen LogP contribution in [0.15, 0.2) is 273 Å². The fourth-order valence-corrected chi connectivity index (χ4v) is 12.5. The van der Waals surface area contributed by atoms with Crippen LogP contribution >= 0.6 is 0 Å². The van der Waals surface area contributed by atoms with E-state index in [2.05, 4.69) is 317 Å². The second-order valence-corrected chi connectivity index (χ2v) is 22.7. The van der Waals surface area contributed by atoms with E-state index in [0.717, 1.165) is 47.0 Å². The Hall–Kier alpha value is -9.50.